The van der Waals surface area contributed by atoms with Gasteiger partial charge in [-0.2, -0.15) is 0 Å². The molecule has 1 aliphatic carbocycles. The standard InChI is InChI=1S/C12H9FO/c13-11-5-1-3-9(7-11)10-4-2-6-12(14)8-10/h1-5,7-8H,6H2. The van der Waals surface area contributed by atoms with Gasteiger partial charge in [0.2, 0.25) is 0 Å². The molecule has 0 radical (unpaired) electrons. The van der Waals surface area contributed by atoms with Crippen LogP contribution in [0, 0.1) is 5.82 Å². The Morgan fingerprint density at radius 1 is 1.29 bits per heavy atom. The van der Waals surface area contributed by atoms with Crippen LogP contribution in [-0.4, -0.2) is 5.78 Å². The van der Waals surface area contributed by atoms with E-state index >= 15 is 0 Å². The van der Waals surface area contributed by atoms with Gasteiger partial charge in [0.1, 0.15) is 5.82 Å². The van der Waals surface area contributed by atoms with Crippen molar-refractivity contribution in [2.24, 2.45) is 0 Å². The fourth-order valence-electron chi connectivity index (χ4n) is 1.43. The van der Waals surface area contributed by atoms with Gasteiger partial charge in [-0.3, -0.25) is 4.79 Å². The first-order chi connectivity index (χ1) is 6.75. The smallest absolute Gasteiger partial charge is 0.160 e. The highest BCUT2D eigenvalue weighted by Crippen LogP contribution is 2.20. The maximum Gasteiger partial charge on any atom is 0.160 e. The molecule has 1 nitrogen and oxygen atoms in total. The van der Waals surface area contributed by atoms with Crippen molar-refractivity contribution in [3.05, 3.63) is 53.9 Å². The Morgan fingerprint density at radius 2 is 2.14 bits per heavy atom. The van der Waals surface area contributed by atoms with Crippen LogP contribution in [0.2, 0.25) is 0 Å². The minimum absolute atomic E-state index is 0.0618. The third kappa shape index (κ3) is 1.79. The Hall–Kier alpha value is -1.70. The highest BCUT2D eigenvalue weighted by Gasteiger charge is 2.06. The second kappa shape index (κ2) is 3.58. The summed E-state index contributed by atoms with van der Waals surface area (Å²) in [6, 6.07) is 6.24. The number of hydrogen-bond donors (Lipinski definition) is 0. The summed E-state index contributed by atoms with van der Waals surface area (Å²) in [6.45, 7) is 0. The number of carbonyl (C=O) groups is 1. The Kier molecular flexibility index (Phi) is 2.27. The molecule has 0 N–H and O–H groups in total. The lowest BCUT2D eigenvalue weighted by atomic mass is 9.99. The van der Waals surface area contributed by atoms with Crippen molar-refractivity contribution < 1.29 is 9.18 Å². The van der Waals surface area contributed by atoms with E-state index < -0.39 is 0 Å². The van der Waals surface area contributed by atoms with Crippen LogP contribution in [0.25, 0.3) is 5.57 Å². The van der Waals surface area contributed by atoms with Gasteiger partial charge in [-0.15, -0.1) is 0 Å². The Morgan fingerprint density at radius 3 is 2.86 bits per heavy atom. The first-order valence-electron chi connectivity index (χ1n) is 4.43. The van der Waals surface area contributed by atoms with E-state index in [0.29, 0.717) is 6.42 Å². The maximum atomic E-state index is 12.9. The number of carbonyl (C=O) groups excluding carboxylic acids is 1. The van der Waals surface area contributed by atoms with Crippen LogP contribution in [0.4, 0.5) is 4.39 Å². The van der Waals surface area contributed by atoms with Crippen molar-refractivity contribution in [2.45, 2.75) is 6.42 Å². The molecule has 0 bridgehead atoms. The van der Waals surface area contributed by atoms with Crippen molar-refractivity contribution >= 4 is 11.4 Å². The van der Waals surface area contributed by atoms with Gasteiger partial charge in [0.25, 0.3) is 0 Å². The number of rotatable bonds is 1. The zero-order valence-electron chi connectivity index (χ0n) is 7.53. The van der Waals surface area contributed by atoms with E-state index in [-0.39, 0.29) is 11.6 Å². The molecular formula is C12H9FO. The fourth-order valence-corrected chi connectivity index (χ4v) is 1.43. The minimum atomic E-state index is -0.283. The van der Waals surface area contributed by atoms with Gasteiger partial charge in [-0.25, -0.2) is 4.39 Å². The van der Waals surface area contributed by atoms with E-state index in [1.165, 1.54) is 12.1 Å². The van der Waals surface area contributed by atoms with Gasteiger partial charge in [-0.05, 0) is 29.3 Å². The molecule has 14 heavy (non-hydrogen) atoms. The van der Waals surface area contributed by atoms with Gasteiger partial charge in [0.15, 0.2) is 5.78 Å². The molecule has 1 aromatic carbocycles. The molecule has 2 rings (SSSR count). The van der Waals surface area contributed by atoms with Gasteiger partial charge in [0.05, 0.1) is 0 Å². The van der Waals surface area contributed by atoms with Crippen LogP contribution in [0.5, 0.6) is 0 Å². The van der Waals surface area contributed by atoms with Gasteiger partial charge < -0.3 is 0 Å². The predicted molar refractivity (Wildman–Crippen MR) is 53.1 cm³/mol. The zero-order chi connectivity index (χ0) is 9.97. The normalized spacial score (nSPS) is 15.5. The summed E-state index contributed by atoms with van der Waals surface area (Å²) >= 11 is 0. The molecule has 0 saturated carbocycles. The summed E-state index contributed by atoms with van der Waals surface area (Å²) in [5.41, 5.74) is 1.52. The molecule has 0 spiro atoms. The summed E-state index contributed by atoms with van der Waals surface area (Å²) in [6.07, 6.45) is 5.63. The van der Waals surface area contributed by atoms with Gasteiger partial charge in [0, 0.05) is 6.42 Å². The molecule has 70 valence electrons. The third-order valence-corrected chi connectivity index (χ3v) is 2.09. The first-order valence-corrected chi connectivity index (χ1v) is 4.43. The highest BCUT2D eigenvalue weighted by atomic mass is 19.1. The monoisotopic (exact) mass is 188 g/mol. The average molecular weight is 188 g/mol. The Balaban J connectivity index is 2.40. The Labute approximate surface area is 81.6 Å². The predicted octanol–water partition coefficient (Wildman–Crippen LogP) is 2.74. The summed E-state index contributed by atoms with van der Waals surface area (Å²) in [7, 11) is 0. The number of allylic oxidation sites excluding steroid dienone is 4. The van der Waals surface area contributed by atoms with Crippen LogP contribution in [0.1, 0.15) is 12.0 Å². The number of halogens is 1. The molecular weight excluding hydrogens is 179 g/mol. The SMILES string of the molecule is O=C1C=C(c2cccc(F)c2)C=CC1. The molecule has 0 aliphatic heterocycles. The van der Waals surface area contributed by atoms with Crippen LogP contribution in [0.3, 0.4) is 0 Å². The first kappa shape index (κ1) is 8.88. The topological polar surface area (TPSA) is 17.1 Å². The maximum absolute atomic E-state index is 12.9. The number of hydrogen-bond acceptors (Lipinski definition) is 1. The number of ketones is 1. The Bertz CT molecular complexity index is 430. The highest BCUT2D eigenvalue weighted by molar-refractivity contribution is 6.01. The molecule has 0 heterocycles. The van der Waals surface area contributed by atoms with Crippen molar-refractivity contribution in [3.63, 3.8) is 0 Å². The van der Waals surface area contributed by atoms with E-state index in [0.717, 1.165) is 11.1 Å². The average Bonchev–Trinajstić information content (AvgIpc) is 2.18. The minimum Gasteiger partial charge on any atom is -0.294 e. The summed E-state index contributed by atoms with van der Waals surface area (Å²) in [5, 5.41) is 0. The van der Waals surface area contributed by atoms with Crippen LogP contribution >= 0.6 is 0 Å². The molecule has 2 heteroatoms. The second-order valence-corrected chi connectivity index (χ2v) is 3.18. The third-order valence-electron chi connectivity index (χ3n) is 2.09. The largest absolute Gasteiger partial charge is 0.294 e. The molecule has 0 aromatic heterocycles. The molecule has 1 aliphatic rings. The second-order valence-electron chi connectivity index (χ2n) is 3.18. The van der Waals surface area contributed by atoms with Gasteiger partial charge >= 0.3 is 0 Å². The van der Waals surface area contributed by atoms with Crippen molar-refractivity contribution in [1.82, 2.24) is 0 Å². The quantitative estimate of drug-likeness (QED) is 0.662. The fraction of sp³-hybridized carbons (Fsp3) is 0.0833. The molecule has 0 saturated heterocycles. The van der Waals surface area contributed by atoms with Crippen LogP contribution < -0.4 is 0 Å². The molecule has 1 aromatic rings. The lowest BCUT2D eigenvalue weighted by Crippen LogP contribution is -1.97. The molecule has 0 fully saturated rings. The van der Waals surface area contributed by atoms with Gasteiger partial charge in [-0.1, -0.05) is 24.3 Å². The summed E-state index contributed by atoms with van der Waals surface area (Å²) in [5.74, 6) is -0.221. The zero-order valence-corrected chi connectivity index (χ0v) is 7.53. The van der Waals surface area contributed by atoms with Crippen molar-refractivity contribution in [1.29, 1.82) is 0 Å². The molecule has 0 amide bonds. The number of benzene rings is 1. The summed E-state index contributed by atoms with van der Waals surface area (Å²) in [4.78, 5) is 11.1. The lowest BCUT2D eigenvalue weighted by molar-refractivity contribution is -0.113. The molecule has 0 unspecified atom stereocenters. The van der Waals surface area contributed by atoms with Crippen molar-refractivity contribution in [3.8, 4) is 0 Å². The van der Waals surface area contributed by atoms with Crippen molar-refractivity contribution in [2.75, 3.05) is 0 Å². The van der Waals surface area contributed by atoms with Crippen LogP contribution in [0.15, 0.2) is 42.5 Å². The van der Waals surface area contributed by atoms with E-state index in [1.807, 2.05) is 6.08 Å². The van der Waals surface area contributed by atoms with Crippen LogP contribution in [-0.2, 0) is 4.79 Å². The summed E-state index contributed by atoms with van der Waals surface area (Å²) < 4.78 is 12.9. The molecule has 0 atom stereocenters. The van der Waals surface area contributed by atoms with E-state index in [4.69, 9.17) is 0 Å². The van der Waals surface area contributed by atoms with E-state index in [9.17, 15) is 9.18 Å². The lowest BCUT2D eigenvalue weighted by Gasteiger charge is -2.05. The van der Waals surface area contributed by atoms with E-state index in [2.05, 4.69) is 0 Å². The van der Waals surface area contributed by atoms with E-state index in [1.54, 1.807) is 24.3 Å².